The number of amides is 3. The van der Waals surface area contributed by atoms with Crippen LogP contribution in [0.2, 0.25) is 0 Å². The van der Waals surface area contributed by atoms with Crippen molar-refractivity contribution in [2.75, 3.05) is 12.4 Å². The summed E-state index contributed by atoms with van der Waals surface area (Å²) >= 11 is 0. The van der Waals surface area contributed by atoms with E-state index in [0.717, 1.165) is 5.56 Å². The van der Waals surface area contributed by atoms with Gasteiger partial charge >= 0.3 is 6.03 Å². The molecular formula is C20H22FN3O3. The first-order chi connectivity index (χ1) is 12.9. The predicted octanol–water partition coefficient (Wildman–Crippen LogP) is 3.13. The minimum absolute atomic E-state index is 0.0409. The molecule has 0 saturated heterocycles. The smallest absolute Gasteiger partial charge is 0.321 e. The Kier molecular flexibility index (Phi) is 5.59. The molecule has 0 radical (unpaired) electrons. The number of nitrogens with zero attached hydrogens (tertiary/aromatic N) is 1. The van der Waals surface area contributed by atoms with Gasteiger partial charge in [0.25, 0.3) is 0 Å². The van der Waals surface area contributed by atoms with E-state index in [1.165, 1.54) is 17.0 Å². The van der Waals surface area contributed by atoms with Gasteiger partial charge in [-0.05, 0) is 30.5 Å². The fourth-order valence-electron chi connectivity index (χ4n) is 2.94. The monoisotopic (exact) mass is 371 g/mol. The lowest BCUT2D eigenvalue weighted by Crippen LogP contribution is -2.50. The molecule has 0 aliphatic heterocycles. The van der Waals surface area contributed by atoms with Crippen molar-refractivity contribution < 1.29 is 18.7 Å². The summed E-state index contributed by atoms with van der Waals surface area (Å²) in [6.07, 6.45) is 1.11. The van der Waals surface area contributed by atoms with Crippen LogP contribution in [0, 0.1) is 11.7 Å². The van der Waals surface area contributed by atoms with Crippen LogP contribution in [0.25, 0.3) is 0 Å². The zero-order valence-electron chi connectivity index (χ0n) is 15.0. The van der Waals surface area contributed by atoms with Crippen molar-refractivity contribution in [1.29, 1.82) is 0 Å². The average molecular weight is 371 g/mol. The molecule has 3 rings (SSSR count). The Bertz CT molecular complexity index is 822. The maximum absolute atomic E-state index is 14.2. The van der Waals surface area contributed by atoms with Crippen LogP contribution < -0.4 is 15.8 Å². The Hall–Kier alpha value is -3.09. The average Bonchev–Trinajstić information content (AvgIpc) is 2.60. The van der Waals surface area contributed by atoms with Crippen LogP contribution in [0.3, 0.4) is 0 Å². The number of ether oxygens (including phenoxy) is 1. The van der Waals surface area contributed by atoms with Gasteiger partial charge in [-0.2, -0.15) is 0 Å². The number of nitrogens with two attached hydrogens (primary N) is 1. The zero-order valence-corrected chi connectivity index (χ0v) is 15.0. The number of primary amides is 1. The summed E-state index contributed by atoms with van der Waals surface area (Å²) in [5, 5.41) is 2.65. The molecule has 3 amide bonds. The number of anilines is 1. The van der Waals surface area contributed by atoms with Crippen LogP contribution in [0.4, 0.5) is 14.9 Å². The van der Waals surface area contributed by atoms with Gasteiger partial charge in [-0.25, -0.2) is 9.18 Å². The summed E-state index contributed by atoms with van der Waals surface area (Å²) in [7, 11) is 1.64. The van der Waals surface area contributed by atoms with Gasteiger partial charge in [-0.3, -0.25) is 4.79 Å². The van der Waals surface area contributed by atoms with Crippen molar-refractivity contribution in [2.24, 2.45) is 11.7 Å². The second kappa shape index (κ2) is 8.07. The van der Waals surface area contributed by atoms with E-state index in [9.17, 15) is 14.0 Å². The lowest BCUT2D eigenvalue weighted by molar-refractivity contribution is -0.125. The molecule has 0 bridgehead atoms. The normalized spacial score (nSPS) is 18.3. The topological polar surface area (TPSA) is 84.7 Å². The van der Waals surface area contributed by atoms with E-state index in [1.54, 1.807) is 13.1 Å². The number of halogens is 1. The Morgan fingerprint density at radius 2 is 1.93 bits per heavy atom. The number of hydrogen-bond acceptors (Lipinski definition) is 3. The highest BCUT2D eigenvalue weighted by Gasteiger charge is 2.37. The first-order valence-corrected chi connectivity index (χ1v) is 8.73. The molecule has 7 heteroatoms. The van der Waals surface area contributed by atoms with E-state index in [4.69, 9.17) is 10.5 Å². The van der Waals surface area contributed by atoms with Gasteiger partial charge in [0.05, 0.1) is 0 Å². The van der Waals surface area contributed by atoms with E-state index < -0.39 is 5.82 Å². The van der Waals surface area contributed by atoms with Crippen LogP contribution in [0.5, 0.6) is 5.75 Å². The molecule has 1 aliphatic carbocycles. The summed E-state index contributed by atoms with van der Waals surface area (Å²) in [5.41, 5.74) is 6.51. The molecular weight excluding hydrogens is 349 g/mol. The van der Waals surface area contributed by atoms with E-state index in [2.05, 4.69) is 5.32 Å². The second-order valence-electron chi connectivity index (χ2n) is 6.69. The minimum Gasteiger partial charge on any atom is -0.486 e. The molecule has 0 spiro atoms. The number of nitrogens with one attached hydrogen (secondary N) is 1. The van der Waals surface area contributed by atoms with Gasteiger partial charge in [0, 0.05) is 30.8 Å². The Balaban J connectivity index is 1.54. The van der Waals surface area contributed by atoms with Crippen LogP contribution in [-0.2, 0) is 11.4 Å². The molecule has 1 fully saturated rings. The van der Waals surface area contributed by atoms with E-state index >= 15 is 0 Å². The fraction of sp³-hybridized carbons (Fsp3) is 0.300. The van der Waals surface area contributed by atoms with Crippen LogP contribution >= 0.6 is 0 Å². The van der Waals surface area contributed by atoms with E-state index in [-0.39, 0.29) is 36.3 Å². The third kappa shape index (κ3) is 4.55. The van der Waals surface area contributed by atoms with Crippen molar-refractivity contribution in [3.63, 3.8) is 0 Å². The van der Waals surface area contributed by atoms with Crippen molar-refractivity contribution >= 4 is 17.6 Å². The van der Waals surface area contributed by atoms with E-state index in [1.807, 2.05) is 30.3 Å². The molecule has 27 heavy (non-hydrogen) atoms. The predicted molar refractivity (Wildman–Crippen MR) is 99.7 cm³/mol. The molecule has 0 aromatic heterocycles. The first kappa shape index (κ1) is 18.7. The van der Waals surface area contributed by atoms with Crippen LogP contribution in [0.15, 0.2) is 48.5 Å². The quantitative estimate of drug-likeness (QED) is 0.818. The summed E-state index contributed by atoms with van der Waals surface area (Å²) in [6, 6.07) is 13.4. The number of urea groups is 1. The summed E-state index contributed by atoms with van der Waals surface area (Å²) < 4.78 is 19.7. The van der Waals surface area contributed by atoms with Crippen molar-refractivity contribution in [3.8, 4) is 5.75 Å². The lowest BCUT2D eigenvalue weighted by atomic mass is 9.79. The summed E-state index contributed by atoms with van der Waals surface area (Å²) in [6.45, 7) is 0.259. The third-order valence-electron chi connectivity index (χ3n) is 4.80. The van der Waals surface area contributed by atoms with Gasteiger partial charge in [-0.1, -0.05) is 30.3 Å². The maximum atomic E-state index is 14.2. The lowest BCUT2D eigenvalue weighted by Gasteiger charge is -2.39. The minimum atomic E-state index is -0.552. The van der Waals surface area contributed by atoms with Gasteiger partial charge in [0.2, 0.25) is 5.91 Å². The van der Waals surface area contributed by atoms with Gasteiger partial charge in [-0.15, -0.1) is 0 Å². The standard InChI is InChI=1S/C20H22FN3O3/c1-24(16-9-14(10-16)19(22)25)20(26)23-15-7-8-18(17(21)11-15)27-12-13-5-3-2-4-6-13/h2-8,11,14,16H,9-10,12H2,1H3,(H2,22,25)(H,23,26). The van der Waals surface area contributed by atoms with Crippen molar-refractivity contribution in [3.05, 3.63) is 59.9 Å². The summed E-state index contributed by atoms with van der Waals surface area (Å²) in [4.78, 5) is 24.9. The zero-order chi connectivity index (χ0) is 19.4. The molecule has 2 aromatic rings. The highest BCUT2D eigenvalue weighted by atomic mass is 19.1. The molecule has 1 aliphatic rings. The van der Waals surface area contributed by atoms with Crippen molar-refractivity contribution in [1.82, 2.24) is 4.90 Å². The number of carbonyl (C=O) groups is 2. The number of rotatable bonds is 6. The number of carbonyl (C=O) groups excluding carboxylic acids is 2. The summed E-state index contributed by atoms with van der Waals surface area (Å²) in [5.74, 6) is -0.950. The molecule has 6 nitrogen and oxygen atoms in total. The van der Waals surface area contributed by atoms with Crippen molar-refractivity contribution in [2.45, 2.75) is 25.5 Å². The second-order valence-corrected chi connectivity index (χ2v) is 6.69. The van der Waals surface area contributed by atoms with Crippen LogP contribution in [-0.4, -0.2) is 29.9 Å². The highest BCUT2D eigenvalue weighted by Crippen LogP contribution is 2.31. The molecule has 1 saturated carbocycles. The SMILES string of the molecule is CN(C(=O)Nc1ccc(OCc2ccccc2)c(F)c1)C1CC(C(N)=O)C1. The van der Waals surface area contributed by atoms with Gasteiger partial charge < -0.3 is 20.7 Å². The Morgan fingerprint density at radius 3 is 2.56 bits per heavy atom. The van der Waals surface area contributed by atoms with E-state index in [0.29, 0.717) is 18.5 Å². The number of benzene rings is 2. The van der Waals surface area contributed by atoms with Gasteiger partial charge in [0.15, 0.2) is 11.6 Å². The molecule has 0 atom stereocenters. The maximum Gasteiger partial charge on any atom is 0.321 e. The molecule has 142 valence electrons. The van der Waals surface area contributed by atoms with Crippen LogP contribution in [0.1, 0.15) is 18.4 Å². The molecule has 0 unspecified atom stereocenters. The number of hydrogen-bond donors (Lipinski definition) is 2. The third-order valence-corrected chi connectivity index (χ3v) is 4.80. The highest BCUT2D eigenvalue weighted by molar-refractivity contribution is 5.89. The largest absolute Gasteiger partial charge is 0.486 e. The molecule has 3 N–H and O–H groups in total. The molecule has 2 aromatic carbocycles. The Morgan fingerprint density at radius 1 is 1.22 bits per heavy atom. The molecule has 0 heterocycles. The fourth-order valence-corrected chi connectivity index (χ4v) is 2.94. The first-order valence-electron chi connectivity index (χ1n) is 8.73. The van der Waals surface area contributed by atoms with Gasteiger partial charge in [0.1, 0.15) is 6.61 Å². The Labute approximate surface area is 157 Å².